The van der Waals surface area contributed by atoms with Crippen LogP contribution in [0.25, 0.3) is 0 Å². The molecule has 0 fully saturated rings. The smallest absolute Gasteiger partial charge is 0.0998 e. The van der Waals surface area contributed by atoms with Gasteiger partial charge in [0, 0.05) is 25.8 Å². The molecule has 2 N–H and O–H groups in total. The zero-order valence-corrected chi connectivity index (χ0v) is 7.21. The normalized spacial score (nSPS) is 24.0. The van der Waals surface area contributed by atoms with Crippen LogP contribution >= 0.6 is 0 Å². The highest BCUT2D eigenvalue weighted by Gasteiger charge is 1.90. The average molecular weight is 172 g/mol. The third-order valence-electron chi connectivity index (χ3n) is 1.49. The molecular formula is C8H16N2O2. The quantitative estimate of drug-likeness (QED) is 0.525. The van der Waals surface area contributed by atoms with Gasteiger partial charge in [0.2, 0.25) is 0 Å². The monoisotopic (exact) mass is 172 g/mol. The van der Waals surface area contributed by atoms with Crippen LogP contribution in [-0.4, -0.2) is 39.5 Å². The highest BCUT2D eigenvalue weighted by atomic mass is 16.5. The fourth-order valence-corrected chi connectivity index (χ4v) is 0.881. The van der Waals surface area contributed by atoms with E-state index in [0.29, 0.717) is 6.61 Å². The lowest BCUT2D eigenvalue weighted by Crippen LogP contribution is -2.25. The summed E-state index contributed by atoms with van der Waals surface area (Å²) in [6, 6.07) is 0. The number of hydrogen-bond acceptors (Lipinski definition) is 4. The predicted molar refractivity (Wildman–Crippen MR) is 46.8 cm³/mol. The third-order valence-corrected chi connectivity index (χ3v) is 1.49. The van der Waals surface area contributed by atoms with E-state index in [4.69, 9.17) is 9.47 Å². The summed E-state index contributed by atoms with van der Waals surface area (Å²) in [5, 5.41) is 6.25. The van der Waals surface area contributed by atoms with Gasteiger partial charge < -0.3 is 20.1 Å². The zero-order valence-electron chi connectivity index (χ0n) is 7.21. The molecule has 1 heterocycles. The number of rotatable bonds is 0. The Morgan fingerprint density at radius 2 is 1.83 bits per heavy atom. The molecule has 1 aliphatic rings. The molecule has 4 nitrogen and oxygen atoms in total. The van der Waals surface area contributed by atoms with Crippen molar-refractivity contribution in [1.82, 2.24) is 10.6 Å². The van der Waals surface area contributed by atoms with Gasteiger partial charge in [-0.05, 0) is 0 Å². The lowest BCUT2D eigenvalue weighted by atomic mass is 10.6. The lowest BCUT2D eigenvalue weighted by Gasteiger charge is -2.08. The number of nitrogens with one attached hydrogen (secondary N) is 2. The van der Waals surface area contributed by atoms with Crippen LogP contribution in [0.5, 0.6) is 0 Å². The maximum atomic E-state index is 5.31. The molecule has 70 valence electrons. The van der Waals surface area contributed by atoms with Gasteiger partial charge >= 0.3 is 0 Å². The van der Waals surface area contributed by atoms with E-state index in [1.807, 2.05) is 0 Å². The second-order valence-corrected chi connectivity index (χ2v) is 2.49. The minimum absolute atomic E-state index is 0.707. The Morgan fingerprint density at radius 1 is 1.00 bits per heavy atom. The highest BCUT2D eigenvalue weighted by molar-refractivity contribution is 4.70. The first-order chi connectivity index (χ1) is 6.00. The fraction of sp³-hybridized carbons (Fsp3) is 0.750. The molecule has 0 aliphatic carbocycles. The van der Waals surface area contributed by atoms with Crippen molar-refractivity contribution in [2.45, 2.75) is 0 Å². The van der Waals surface area contributed by atoms with Crippen molar-refractivity contribution in [1.29, 1.82) is 0 Å². The molecular weight excluding hydrogens is 156 g/mol. The second kappa shape index (κ2) is 6.94. The number of ether oxygens (including phenoxy) is 2. The van der Waals surface area contributed by atoms with E-state index < -0.39 is 0 Å². The summed E-state index contributed by atoms with van der Waals surface area (Å²) >= 11 is 0. The van der Waals surface area contributed by atoms with Crippen molar-refractivity contribution >= 4 is 0 Å². The molecule has 1 rings (SSSR count). The van der Waals surface area contributed by atoms with Gasteiger partial charge in [-0.3, -0.25) is 0 Å². The van der Waals surface area contributed by atoms with Gasteiger partial charge in [0.05, 0.1) is 26.1 Å². The van der Waals surface area contributed by atoms with Crippen LogP contribution < -0.4 is 10.6 Å². The van der Waals surface area contributed by atoms with Crippen LogP contribution in [0.1, 0.15) is 0 Å². The van der Waals surface area contributed by atoms with Crippen molar-refractivity contribution in [3.8, 4) is 0 Å². The van der Waals surface area contributed by atoms with Gasteiger partial charge in [0.1, 0.15) is 0 Å². The van der Waals surface area contributed by atoms with Crippen molar-refractivity contribution in [3.05, 3.63) is 12.5 Å². The zero-order chi connectivity index (χ0) is 8.49. The molecule has 12 heavy (non-hydrogen) atoms. The Labute approximate surface area is 72.9 Å². The Bertz CT molecular complexity index is 114. The van der Waals surface area contributed by atoms with Gasteiger partial charge in [-0.25, -0.2) is 0 Å². The third kappa shape index (κ3) is 4.98. The maximum Gasteiger partial charge on any atom is 0.0998 e. The van der Waals surface area contributed by atoms with Gasteiger partial charge in [-0.2, -0.15) is 0 Å². The summed E-state index contributed by atoms with van der Waals surface area (Å²) in [5.41, 5.74) is 0. The topological polar surface area (TPSA) is 42.5 Å². The minimum atomic E-state index is 0.707. The predicted octanol–water partition coefficient (Wildman–Crippen LogP) is -0.316. The van der Waals surface area contributed by atoms with Crippen LogP contribution in [-0.2, 0) is 9.47 Å². The van der Waals surface area contributed by atoms with Crippen molar-refractivity contribution < 1.29 is 9.47 Å². The molecule has 0 amide bonds. The van der Waals surface area contributed by atoms with E-state index in [9.17, 15) is 0 Å². The van der Waals surface area contributed by atoms with Crippen molar-refractivity contribution in [3.63, 3.8) is 0 Å². The first-order valence-electron chi connectivity index (χ1n) is 4.28. The molecule has 1 aliphatic heterocycles. The van der Waals surface area contributed by atoms with Crippen LogP contribution in [0.2, 0.25) is 0 Å². The molecule has 0 spiro atoms. The summed E-state index contributed by atoms with van der Waals surface area (Å²) in [4.78, 5) is 0. The van der Waals surface area contributed by atoms with E-state index in [0.717, 1.165) is 32.8 Å². The molecule has 4 heteroatoms. The molecule has 0 saturated carbocycles. The van der Waals surface area contributed by atoms with Crippen molar-refractivity contribution in [2.75, 3.05) is 39.5 Å². The summed E-state index contributed by atoms with van der Waals surface area (Å²) in [7, 11) is 0. The summed E-state index contributed by atoms with van der Waals surface area (Å²) in [6.45, 7) is 4.82. The first-order valence-corrected chi connectivity index (χ1v) is 4.28. The molecule has 0 aromatic carbocycles. The second-order valence-electron chi connectivity index (χ2n) is 2.49. The standard InChI is InChI=1S/C8H16N2O2/c1-5-11-7-3-10-4-8-12-6-2-9-1/h1,5,9-10H,2-4,6-8H2/b5-1-. The van der Waals surface area contributed by atoms with E-state index in [-0.39, 0.29) is 0 Å². The van der Waals surface area contributed by atoms with E-state index in [1.165, 1.54) is 0 Å². The summed E-state index contributed by atoms with van der Waals surface area (Å²) in [6.07, 6.45) is 3.47. The van der Waals surface area contributed by atoms with Crippen LogP contribution in [0.3, 0.4) is 0 Å². The van der Waals surface area contributed by atoms with E-state index in [1.54, 1.807) is 12.5 Å². The van der Waals surface area contributed by atoms with Crippen LogP contribution in [0.4, 0.5) is 0 Å². The molecule has 0 atom stereocenters. The van der Waals surface area contributed by atoms with Gasteiger partial charge in [0.15, 0.2) is 0 Å². The minimum Gasteiger partial charge on any atom is -0.498 e. The van der Waals surface area contributed by atoms with Crippen LogP contribution in [0, 0.1) is 0 Å². The average Bonchev–Trinajstić information content (AvgIpc) is 2.05. The highest BCUT2D eigenvalue weighted by Crippen LogP contribution is 1.78. The molecule has 0 bridgehead atoms. The fourth-order valence-electron chi connectivity index (χ4n) is 0.881. The molecule has 0 aromatic rings. The Morgan fingerprint density at radius 3 is 2.83 bits per heavy atom. The Kier molecular flexibility index (Phi) is 5.41. The first kappa shape index (κ1) is 9.35. The maximum absolute atomic E-state index is 5.31. The molecule has 0 radical (unpaired) electrons. The van der Waals surface area contributed by atoms with Gasteiger partial charge in [-0.1, -0.05) is 0 Å². The van der Waals surface area contributed by atoms with Crippen LogP contribution in [0.15, 0.2) is 12.5 Å². The van der Waals surface area contributed by atoms with Crippen molar-refractivity contribution in [2.24, 2.45) is 0 Å². The van der Waals surface area contributed by atoms with E-state index >= 15 is 0 Å². The van der Waals surface area contributed by atoms with E-state index in [2.05, 4.69) is 10.6 Å². The molecule has 0 unspecified atom stereocenters. The molecule has 0 saturated heterocycles. The summed E-state index contributed by atoms with van der Waals surface area (Å²) in [5.74, 6) is 0. The number of hydrogen-bond donors (Lipinski definition) is 2. The largest absolute Gasteiger partial charge is 0.498 e. The summed E-state index contributed by atoms with van der Waals surface area (Å²) < 4.78 is 10.5. The lowest BCUT2D eigenvalue weighted by molar-refractivity contribution is 0.136. The SMILES string of the molecule is C1=C\OCCNCCOCCN/1. The Balaban J connectivity index is 2.10. The van der Waals surface area contributed by atoms with Gasteiger partial charge in [-0.15, -0.1) is 0 Å². The Hall–Kier alpha value is -0.740. The molecule has 0 aromatic heterocycles. The van der Waals surface area contributed by atoms with Gasteiger partial charge in [0.25, 0.3) is 0 Å².